The van der Waals surface area contributed by atoms with Crippen LogP contribution in [0.1, 0.15) is 68.3 Å². The van der Waals surface area contributed by atoms with E-state index in [9.17, 15) is 4.79 Å². The monoisotopic (exact) mass is 400 g/mol. The van der Waals surface area contributed by atoms with Crippen LogP contribution < -0.4 is 5.32 Å². The van der Waals surface area contributed by atoms with Crippen LogP contribution in [0.5, 0.6) is 0 Å². The van der Waals surface area contributed by atoms with Gasteiger partial charge in [0.2, 0.25) is 11.8 Å². The van der Waals surface area contributed by atoms with E-state index in [1.807, 2.05) is 17.8 Å². The van der Waals surface area contributed by atoms with Crippen molar-refractivity contribution in [3.63, 3.8) is 0 Å². The molecule has 1 amide bonds. The Morgan fingerprint density at radius 3 is 2.76 bits per heavy atom. The van der Waals surface area contributed by atoms with Crippen molar-refractivity contribution in [3.05, 3.63) is 29.7 Å². The SMILES string of the molecule is Cn1nccc1CCC(=O)NCC1CCN(Cc2noc(C3CCCC3)n2)CC1. The first kappa shape index (κ1) is 20.1. The molecular formula is C21H32N6O2. The highest BCUT2D eigenvalue weighted by Gasteiger charge is 2.25. The molecule has 1 N–H and O–H groups in total. The second kappa shape index (κ2) is 9.52. The van der Waals surface area contributed by atoms with E-state index >= 15 is 0 Å². The van der Waals surface area contributed by atoms with Crippen molar-refractivity contribution < 1.29 is 9.32 Å². The summed E-state index contributed by atoms with van der Waals surface area (Å²) in [5.41, 5.74) is 1.09. The molecule has 2 fully saturated rings. The fourth-order valence-corrected chi connectivity index (χ4v) is 4.45. The summed E-state index contributed by atoms with van der Waals surface area (Å²) in [4.78, 5) is 19.2. The Hall–Kier alpha value is -2.22. The number of aryl methyl sites for hydroxylation is 2. The topological polar surface area (TPSA) is 89.1 Å². The summed E-state index contributed by atoms with van der Waals surface area (Å²) in [5, 5.41) is 11.4. The average Bonchev–Trinajstić information content (AvgIpc) is 3.48. The molecule has 0 radical (unpaired) electrons. The van der Waals surface area contributed by atoms with Gasteiger partial charge >= 0.3 is 0 Å². The van der Waals surface area contributed by atoms with Crippen LogP contribution in [0.15, 0.2) is 16.8 Å². The largest absolute Gasteiger partial charge is 0.356 e. The highest BCUT2D eigenvalue weighted by atomic mass is 16.5. The molecule has 0 spiro atoms. The fraction of sp³-hybridized carbons (Fsp3) is 0.714. The van der Waals surface area contributed by atoms with Crippen molar-refractivity contribution in [1.82, 2.24) is 30.1 Å². The molecule has 1 aliphatic carbocycles. The molecule has 8 nitrogen and oxygen atoms in total. The summed E-state index contributed by atoms with van der Waals surface area (Å²) in [5.74, 6) is 2.80. The minimum Gasteiger partial charge on any atom is -0.356 e. The second-order valence-electron chi connectivity index (χ2n) is 8.50. The number of nitrogens with zero attached hydrogens (tertiary/aromatic N) is 5. The minimum atomic E-state index is 0.125. The van der Waals surface area contributed by atoms with Crippen molar-refractivity contribution >= 4 is 5.91 Å². The number of piperidine rings is 1. The van der Waals surface area contributed by atoms with Gasteiger partial charge in [0, 0.05) is 37.8 Å². The number of likely N-dealkylation sites (tertiary alicyclic amines) is 1. The van der Waals surface area contributed by atoms with Gasteiger partial charge in [0.05, 0.1) is 6.54 Å². The number of carbonyl (C=O) groups is 1. The number of hydrogen-bond acceptors (Lipinski definition) is 6. The smallest absolute Gasteiger partial charge is 0.229 e. The van der Waals surface area contributed by atoms with Gasteiger partial charge in [0.1, 0.15) is 0 Å². The van der Waals surface area contributed by atoms with E-state index in [2.05, 4.69) is 25.5 Å². The number of carbonyl (C=O) groups excluding carboxylic acids is 1. The summed E-state index contributed by atoms with van der Waals surface area (Å²) < 4.78 is 7.32. The molecule has 0 atom stereocenters. The molecule has 3 heterocycles. The normalized spacial score (nSPS) is 19.1. The van der Waals surface area contributed by atoms with Crippen LogP contribution >= 0.6 is 0 Å². The molecule has 0 aromatic carbocycles. The standard InChI is InChI=1S/C21H32N6O2/c1-26-18(8-11-23-26)6-7-20(28)22-14-16-9-12-27(13-10-16)15-19-24-21(29-25-19)17-4-2-3-5-17/h8,11,16-17H,2-7,9-10,12-15H2,1H3,(H,22,28). The molecule has 0 bridgehead atoms. The average molecular weight is 401 g/mol. The van der Waals surface area contributed by atoms with Crippen LogP contribution in [-0.4, -0.2) is 50.4 Å². The van der Waals surface area contributed by atoms with E-state index < -0.39 is 0 Å². The highest BCUT2D eigenvalue weighted by molar-refractivity contribution is 5.76. The molecule has 2 aromatic heterocycles. The Labute approximate surface area is 172 Å². The van der Waals surface area contributed by atoms with Crippen LogP contribution in [-0.2, 0) is 24.8 Å². The van der Waals surface area contributed by atoms with Gasteiger partial charge in [-0.05, 0) is 57.2 Å². The zero-order chi connectivity index (χ0) is 20.1. The highest BCUT2D eigenvalue weighted by Crippen LogP contribution is 2.33. The van der Waals surface area contributed by atoms with Crippen LogP contribution in [0.25, 0.3) is 0 Å². The van der Waals surface area contributed by atoms with Gasteiger partial charge in [-0.3, -0.25) is 14.4 Å². The van der Waals surface area contributed by atoms with Gasteiger partial charge in [0.25, 0.3) is 0 Å². The van der Waals surface area contributed by atoms with Gasteiger partial charge in [-0.2, -0.15) is 10.1 Å². The lowest BCUT2D eigenvalue weighted by Gasteiger charge is -2.31. The molecule has 1 saturated heterocycles. The van der Waals surface area contributed by atoms with E-state index in [1.165, 1.54) is 25.7 Å². The third-order valence-corrected chi connectivity index (χ3v) is 6.38. The molecule has 2 aromatic rings. The summed E-state index contributed by atoms with van der Waals surface area (Å²) >= 11 is 0. The molecule has 0 unspecified atom stereocenters. The summed E-state index contributed by atoms with van der Waals surface area (Å²) in [6.45, 7) is 3.57. The Balaban J connectivity index is 1.13. The summed E-state index contributed by atoms with van der Waals surface area (Å²) in [7, 11) is 1.91. The lowest BCUT2D eigenvalue weighted by atomic mass is 9.96. The molecule has 4 rings (SSSR count). The van der Waals surface area contributed by atoms with E-state index in [-0.39, 0.29) is 5.91 Å². The maximum atomic E-state index is 12.1. The molecule has 2 aliphatic rings. The second-order valence-corrected chi connectivity index (χ2v) is 8.50. The van der Waals surface area contributed by atoms with Gasteiger partial charge in [0.15, 0.2) is 5.82 Å². The Morgan fingerprint density at radius 2 is 2.03 bits per heavy atom. The molecule has 29 heavy (non-hydrogen) atoms. The number of aromatic nitrogens is 4. The van der Waals surface area contributed by atoms with Gasteiger partial charge < -0.3 is 9.84 Å². The van der Waals surface area contributed by atoms with Crippen molar-refractivity contribution in [2.45, 2.75) is 63.8 Å². The van der Waals surface area contributed by atoms with Gasteiger partial charge in [-0.25, -0.2) is 0 Å². The Bertz CT molecular complexity index is 787. The predicted molar refractivity (Wildman–Crippen MR) is 108 cm³/mol. The zero-order valence-corrected chi connectivity index (χ0v) is 17.3. The minimum absolute atomic E-state index is 0.125. The number of nitrogens with one attached hydrogen (secondary N) is 1. The van der Waals surface area contributed by atoms with Crippen molar-refractivity contribution in [3.8, 4) is 0 Å². The van der Waals surface area contributed by atoms with E-state index in [0.717, 1.165) is 62.9 Å². The quantitative estimate of drug-likeness (QED) is 0.732. The molecule has 8 heteroatoms. The van der Waals surface area contributed by atoms with Crippen LogP contribution in [0.4, 0.5) is 0 Å². The molecule has 1 saturated carbocycles. The Morgan fingerprint density at radius 1 is 1.24 bits per heavy atom. The lowest BCUT2D eigenvalue weighted by molar-refractivity contribution is -0.121. The fourth-order valence-electron chi connectivity index (χ4n) is 4.45. The first-order valence-electron chi connectivity index (χ1n) is 11.0. The molecule has 158 valence electrons. The first-order valence-corrected chi connectivity index (χ1v) is 11.0. The third kappa shape index (κ3) is 5.44. The van der Waals surface area contributed by atoms with Crippen LogP contribution in [0.2, 0.25) is 0 Å². The number of hydrogen-bond donors (Lipinski definition) is 1. The summed E-state index contributed by atoms with van der Waals surface area (Å²) in [6, 6.07) is 1.96. The Kier molecular flexibility index (Phi) is 6.59. The van der Waals surface area contributed by atoms with Gasteiger partial charge in [-0.15, -0.1) is 0 Å². The number of rotatable bonds is 8. The van der Waals surface area contributed by atoms with Crippen molar-refractivity contribution in [2.24, 2.45) is 13.0 Å². The van der Waals surface area contributed by atoms with E-state index in [0.29, 0.717) is 18.3 Å². The van der Waals surface area contributed by atoms with Crippen molar-refractivity contribution in [1.29, 1.82) is 0 Å². The zero-order valence-electron chi connectivity index (χ0n) is 17.3. The van der Waals surface area contributed by atoms with Gasteiger partial charge in [-0.1, -0.05) is 18.0 Å². The van der Waals surface area contributed by atoms with Crippen molar-refractivity contribution in [2.75, 3.05) is 19.6 Å². The first-order chi connectivity index (χ1) is 14.2. The van der Waals surface area contributed by atoms with E-state index in [1.54, 1.807) is 6.20 Å². The third-order valence-electron chi connectivity index (χ3n) is 6.38. The molecular weight excluding hydrogens is 368 g/mol. The summed E-state index contributed by atoms with van der Waals surface area (Å²) in [6.07, 6.45) is 10.1. The molecule has 1 aliphatic heterocycles. The van der Waals surface area contributed by atoms with E-state index in [4.69, 9.17) is 4.52 Å². The van der Waals surface area contributed by atoms with Crippen LogP contribution in [0.3, 0.4) is 0 Å². The number of amides is 1. The predicted octanol–water partition coefficient (Wildman–Crippen LogP) is 2.42. The maximum Gasteiger partial charge on any atom is 0.229 e. The lowest BCUT2D eigenvalue weighted by Crippen LogP contribution is -2.38. The maximum absolute atomic E-state index is 12.1. The van der Waals surface area contributed by atoms with Crippen LogP contribution in [0, 0.1) is 5.92 Å².